The number of aliphatic hydroxyl groups is 2. The van der Waals surface area contributed by atoms with Crippen LogP contribution in [0.1, 0.15) is 393 Å². The van der Waals surface area contributed by atoms with E-state index in [4.69, 9.17) is 32.3 Å². The first-order valence-electron chi connectivity index (χ1n) is 46.8. The molecule has 0 aliphatic heterocycles. The van der Waals surface area contributed by atoms with Gasteiger partial charge >= 0.3 is 33.6 Å². The molecule has 0 aromatic rings. The number of unbranched alkanes of at least 4 members (excludes halogenated alkanes) is 39. The molecule has 5 atom stereocenters. The third-order valence-corrected chi connectivity index (χ3v) is 21.6. The molecule has 117 heavy (non-hydrogen) atoms. The lowest BCUT2D eigenvalue weighted by Crippen LogP contribution is -2.30. The summed E-state index contributed by atoms with van der Waals surface area (Å²) in [4.78, 5) is 58.9. The molecule has 0 aromatic heterocycles. The molecule has 672 valence electrons. The molecule has 18 heteroatoms. The molecule has 0 amide bonds. The monoisotopic (exact) mass is 1680 g/mol. The largest absolute Gasteiger partial charge is 0.472 e. The first-order chi connectivity index (χ1) is 57.2. The van der Waals surface area contributed by atoms with Gasteiger partial charge in [0.2, 0.25) is 0 Å². The Balaban J connectivity index is 4.46. The number of rotatable bonds is 88. The van der Waals surface area contributed by atoms with E-state index >= 15 is 0 Å². The summed E-state index contributed by atoms with van der Waals surface area (Å²) in [5.41, 5.74) is 0. The molecule has 0 aromatic carbocycles. The van der Waals surface area contributed by atoms with E-state index in [2.05, 4.69) is 179 Å². The fourth-order valence-electron chi connectivity index (χ4n) is 12.7. The lowest BCUT2D eigenvalue weighted by molar-refractivity contribution is -0.161. The normalized spacial score (nSPS) is 14.5. The number of ether oxygens (including phenoxy) is 3. The number of carbonyl (C=O) groups is 3. The summed E-state index contributed by atoms with van der Waals surface area (Å²) in [6.07, 6.45) is 116. The molecule has 0 bridgehead atoms. The second kappa shape index (κ2) is 90.4. The van der Waals surface area contributed by atoms with E-state index in [0.29, 0.717) is 19.3 Å². The summed E-state index contributed by atoms with van der Waals surface area (Å²) < 4.78 is 61.4. The molecule has 5 unspecified atom stereocenters. The second-order valence-electron chi connectivity index (χ2n) is 31.0. The summed E-state index contributed by atoms with van der Waals surface area (Å²) in [5, 5.41) is 20.7. The summed E-state index contributed by atoms with van der Waals surface area (Å²) in [6, 6.07) is 0. The van der Waals surface area contributed by atoms with Gasteiger partial charge in [-0.05, 0) is 148 Å². The van der Waals surface area contributed by atoms with Gasteiger partial charge in [-0.15, -0.1) is 0 Å². The Hall–Kier alpha value is -4.83. The maximum absolute atomic E-state index is 13.0. The first kappa shape index (κ1) is 112. The Labute approximate surface area is 714 Å². The molecule has 0 rings (SSSR count). The van der Waals surface area contributed by atoms with E-state index in [0.717, 1.165) is 167 Å². The SMILES string of the molecule is CC/C=C\C/C=C\C/C=C\C/C=C\C/C=C\C/C=C\CCCCCCCCCCCCCCCCC(=O)OCC(O)COP(=O)(O)OCC(O)COP(=O)(O)OCC(COC(=O)CCCCCCCCCCCCCCCC/C=C\C/C=C\C/C=C\C/C=C\C/C=C\C/C=C\CC)OC(=O)CCCCCCC/C=C\CCCCCCCC. The number of hydrogen-bond donors (Lipinski definition) is 4. The Kier molecular flexibility index (Phi) is 86.7. The lowest BCUT2D eigenvalue weighted by Gasteiger charge is -2.21. The van der Waals surface area contributed by atoms with Crippen LogP contribution in [0.3, 0.4) is 0 Å². The highest BCUT2D eigenvalue weighted by atomic mass is 31.2. The van der Waals surface area contributed by atoms with Crippen molar-refractivity contribution in [1.29, 1.82) is 0 Å². The van der Waals surface area contributed by atoms with Gasteiger partial charge in [-0.3, -0.25) is 32.5 Å². The van der Waals surface area contributed by atoms with E-state index in [9.17, 15) is 43.5 Å². The van der Waals surface area contributed by atoms with Crippen molar-refractivity contribution in [2.45, 2.75) is 411 Å². The summed E-state index contributed by atoms with van der Waals surface area (Å²) >= 11 is 0. The second-order valence-corrected chi connectivity index (χ2v) is 34.0. The van der Waals surface area contributed by atoms with E-state index in [-0.39, 0.29) is 19.3 Å². The van der Waals surface area contributed by atoms with E-state index in [1.54, 1.807) is 0 Å². The minimum atomic E-state index is -4.94. The van der Waals surface area contributed by atoms with Gasteiger partial charge in [-0.1, -0.05) is 384 Å². The third-order valence-electron chi connectivity index (χ3n) is 19.7. The predicted octanol–water partition coefficient (Wildman–Crippen LogP) is 28.9. The Morgan fingerprint density at radius 3 is 0.726 bits per heavy atom. The zero-order valence-electron chi connectivity index (χ0n) is 74.1. The highest BCUT2D eigenvalue weighted by molar-refractivity contribution is 7.47. The molecule has 0 fully saturated rings. The van der Waals surface area contributed by atoms with Crippen LogP contribution in [0.25, 0.3) is 0 Å². The van der Waals surface area contributed by atoms with Gasteiger partial charge < -0.3 is 34.2 Å². The van der Waals surface area contributed by atoms with Crippen molar-refractivity contribution in [2.75, 3.05) is 39.6 Å². The standard InChI is InChI=1S/C99H170O16P2/c1-4-7-10-13-16-19-22-25-28-30-32-34-36-38-40-42-44-46-48-50-52-54-56-58-60-62-65-67-70-73-76-79-82-85-97(102)109-88-94(100)89-111-116(105,106)112-90-95(101)91-113-117(107,108)114-93-96(115-99(104)87-84-81-78-75-72-69-64-27-24-21-18-15-12-9-6-3)92-110-98(103)86-83-80-77-74-71-68-66-63-61-59-57-55-53-51-49-47-45-43-41-39-37-35-33-31-29-26-23-20-17-14-11-8-5-2/h7-8,10-11,16-17,19-20,25-29,32-35,38-41,44-47,64,94-96,100-101H,4-6,9,12-15,18,21-24,30-31,36-37,42-43,48-63,65-93H2,1-3H3,(H,105,106)(H,107,108)/b10-7-,11-8-,19-16-,20-17-,28-25-,29-26-,34-32-,35-33-,40-38-,41-39-,46-44-,47-45-,64-27-. The van der Waals surface area contributed by atoms with Crippen LogP contribution >= 0.6 is 15.6 Å². The number of phosphoric ester groups is 2. The summed E-state index contributed by atoms with van der Waals surface area (Å²) in [6.45, 7) is 2.49. The third kappa shape index (κ3) is 91.7. The number of phosphoric acid groups is 2. The summed E-state index contributed by atoms with van der Waals surface area (Å²) in [7, 11) is -9.80. The van der Waals surface area contributed by atoms with Crippen LogP contribution in [0.5, 0.6) is 0 Å². The van der Waals surface area contributed by atoms with Crippen LogP contribution in [0.4, 0.5) is 0 Å². The van der Waals surface area contributed by atoms with Crippen LogP contribution in [0.15, 0.2) is 158 Å². The molecule has 0 saturated heterocycles. The quantitative estimate of drug-likeness (QED) is 0.0146. The van der Waals surface area contributed by atoms with Gasteiger partial charge in [0, 0.05) is 19.3 Å². The molecule has 0 spiro atoms. The minimum Gasteiger partial charge on any atom is -0.463 e. The Bertz CT molecular complexity index is 2760. The maximum Gasteiger partial charge on any atom is 0.472 e. The maximum atomic E-state index is 13.0. The van der Waals surface area contributed by atoms with Crippen molar-refractivity contribution in [3.63, 3.8) is 0 Å². The van der Waals surface area contributed by atoms with Crippen molar-refractivity contribution in [3.8, 4) is 0 Å². The number of aliphatic hydroxyl groups excluding tert-OH is 2. The van der Waals surface area contributed by atoms with E-state index in [1.165, 1.54) is 167 Å². The number of allylic oxidation sites excluding steroid dienone is 26. The van der Waals surface area contributed by atoms with Crippen LogP contribution in [-0.4, -0.2) is 95.9 Å². The van der Waals surface area contributed by atoms with Gasteiger partial charge in [0.05, 0.1) is 26.4 Å². The van der Waals surface area contributed by atoms with E-state index in [1.807, 2.05) is 0 Å². The Morgan fingerprint density at radius 2 is 0.453 bits per heavy atom. The topological polar surface area (TPSA) is 231 Å². The molecule has 0 aliphatic rings. The average Bonchev–Trinajstić information content (AvgIpc) is 0.874. The molecule has 0 aliphatic carbocycles. The number of esters is 3. The number of carbonyl (C=O) groups excluding carboxylic acids is 3. The highest BCUT2D eigenvalue weighted by Crippen LogP contribution is 2.45. The Morgan fingerprint density at radius 1 is 0.248 bits per heavy atom. The van der Waals surface area contributed by atoms with Crippen LogP contribution in [0, 0.1) is 0 Å². The average molecular weight is 1680 g/mol. The predicted molar refractivity (Wildman–Crippen MR) is 491 cm³/mol. The van der Waals surface area contributed by atoms with Crippen molar-refractivity contribution >= 4 is 33.6 Å². The number of hydrogen-bond acceptors (Lipinski definition) is 14. The molecule has 0 radical (unpaired) electrons. The smallest absolute Gasteiger partial charge is 0.463 e. The molecule has 16 nitrogen and oxygen atoms in total. The van der Waals surface area contributed by atoms with Crippen LogP contribution in [-0.2, 0) is 55.8 Å². The van der Waals surface area contributed by atoms with Gasteiger partial charge in [0.1, 0.15) is 25.4 Å². The fourth-order valence-corrected chi connectivity index (χ4v) is 14.3. The fraction of sp³-hybridized carbons (Fsp3) is 0.707. The van der Waals surface area contributed by atoms with Crippen LogP contribution < -0.4 is 0 Å². The first-order valence-corrected chi connectivity index (χ1v) is 49.8. The highest BCUT2D eigenvalue weighted by Gasteiger charge is 2.29. The van der Waals surface area contributed by atoms with Crippen molar-refractivity contribution in [1.82, 2.24) is 0 Å². The van der Waals surface area contributed by atoms with E-state index < -0.39 is 91.5 Å². The van der Waals surface area contributed by atoms with Gasteiger partial charge in [0.15, 0.2) is 6.10 Å². The lowest BCUT2D eigenvalue weighted by atomic mass is 10.0. The summed E-state index contributed by atoms with van der Waals surface area (Å²) in [5.74, 6) is -1.57. The van der Waals surface area contributed by atoms with Gasteiger partial charge in [-0.2, -0.15) is 0 Å². The van der Waals surface area contributed by atoms with Crippen molar-refractivity contribution < 1.29 is 75.8 Å². The van der Waals surface area contributed by atoms with Crippen LogP contribution in [0.2, 0.25) is 0 Å². The molecular weight excluding hydrogens is 1510 g/mol. The molecule has 4 N–H and O–H groups in total. The van der Waals surface area contributed by atoms with Gasteiger partial charge in [-0.25, -0.2) is 9.13 Å². The zero-order chi connectivity index (χ0) is 85.1. The molecular formula is C99H170O16P2. The minimum absolute atomic E-state index is 0.0941. The molecule has 0 heterocycles. The van der Waals surface area contributed by atoms with Crippen molar-refractivity contribution in [2.24, 2.45) is 0 Å². The van der Waals surface area contributed by atoms with Gasteiger partial charge in [0.25, 0.3) is 0 Å². The molecule has 0 saturated carbocycles. The zero-order valence-corrected chi connectivity index (χ0v) is 75.9. The van der Waals surface area contributed by atoms with Crippen molar-refractivity contribution in [3.05, 3.63) is 158 Å².